The van der Waals surface area contributed by atoms with Gasteiger partial charge in [0.15, 0.2) is 0 Å². The van der Waals surface area contributed by atoms with Crippen LogP contribution in [0, 0.1) is 11.3 Å². The van der Waals surface area contributed by atoms with E-state index in [1.54, 1.807) is 7.05 Å². The molecule has 1 aromatic rings. The van der Waals surface area contributed by atoms with Crippen molar-refractivity contribution in [3.63, 3.8) is 0 Å². The third kappa shape index (κ3) is 2.81. The second-order valence-corrected chi connectivity index (χ2v) is 6.99. The molecule has 1 N–H and O–H groups in total. The molecule has 0 unspecified atom stereocenters. The molecule has 5 nitrogen and oxygen atoms in total. The van der Waals surface area contributed by atoms with Gasteiger partial charge in [-0.3, -0.25) is 0 Å². The normalized spacial score (nSPS) is 19.9. The summed E-state index contributed by atoms with van der Waals surface area (Å²) < 4.78 is 26.8. The number of nitrogens with zero attached hydrogens (tertiary/aromatic N) is 2. The van der Waals surface area contributed by atoms with Gasteiger partial charge in [-0.05, 0) is 38.1 Å². The van der Waals surface area contributed by atoms with Crippen LogP contribution in [0.25, 0.3) is 0 Å². The van der Waals surface area contributed by atoms with E-state index in [1.165, 1.54) is 22.5 Å². The van der Waals surface area contributed by atoms with E-state index in [0.717, 1.165) is 12.8 Å². The molecule has 0 spiro atoms. The number of halogens is 1. The summed E-state index contributed by atoms with van der Waals surface area (Å²) in [5.74, 6) is 0. The second-order valence-electron chi connectivity index (χ2n) is 4.73. The predicted molar refractivity (Wildman–Crippen MR) is 77.0 cm³/mol. The molecule has 1 aromatic carbocycles. The molecule has 1 atom stereocenters. The van der Waals surface area contributed by atoms with Crippen LogP contribution in [0.15, 0.2) is 23.1 Å². The quantitative estimate of drug-likeness (QED) is 0.916. The predicted octanol–water partition coefficient (Wildman–Crippen LogP) is 1.58. The highest BCUT2D eigenvalue weighted by Gasteiger charge is 2.35. The standard InChI is InChI=1S/C13H16ClN3O2S/c1-16-9-11-3-2-6-17(11)20(18,19)13-5-4-10(8-15)7-12(13)14/h4-5,7,11,16H,2-3,6,9H2,1H3/t11-/m0/s1. The Morgan fingerprint density at radius 1 is 1.55 bits per heavy atom. The first-order chi connectivity index (χ1) is 9.50. The number of hydrogen-bond donors (Lipinski definition) is 1. The summed E-state index contributed by atoms with van der Waals surface area (Å²) in [6.45, 7) is 1.12. The molecule has 1 fully saturated rings. The lowest BCUT2D eigenvalue weighted by molar-refractivity contribution is 0.379. The van der Waals surface area contributed by atoms with Crippen molar-refractivity contribution in [2.45, 2.75) is 23.8 Å². The zero-order valence-electron chi connectivity index (χ0n) is 11.1. The van der Waals surface area contributed by atoms with E-state index >= 15 is 0 Å². The van der Waals surface area contributed by atoms with Gasteiger partial charge in [0.1, 0.15) is 4.90 Å². The minimum atomic E-state index is -3.61. The Kier molecular flexibility index (Phi) is 4.66. The van der Waals surface area contributed by atoms with Crippen LogP contribution in [0.3, 0.4) is 0 Å². The van der Waals surface area contributed by atoms with Crippen LogP contribution in [0.5, 0.6) is 0 Å². The van der Waals surface area contributed by atoms with Crippen LogP contribution >= 0.6 is 11.6 Å². The Labute approximate surface area is 124 Å². The summed E-state index contributed by atoms with van der Waals surface area (Å²) in [6, 6.07) is 6.17. The van der Waals surface area contributed by atoms with Crippen molar-refractivity contribution in [1.82, 2.24) is 9.62 Å². The molecule has 0 saturated carbocycles. The molecule has 1 heterocycles. The van der Waals surface area contributed by atoms with Gasteiger partial charge in [0, 0.05) is 19.1 Å². The number of nitriles is 1. The molecule has 0 aromatic heterocycles. The van der Waals surface area contributed by atoms with Crippen LogP contribution in [0.1, 0.15) is 18.4 Å². The fourth-order valence-corrected chi connectivity index (χ4v) is 4.68. The van der Waals surface area contributed by atoms with Gasteiger partial charge in [0.25, 0.3) is 0 Å². The molecule has 1 aliphatic rings. The van der Waals surface area contributed by atoms with Gasteiger partial charge in [-0.15, -0.1) is 0 Å². The maximum Gasteiger partial charge on any atom is 0.244 e. The monoisotopic (exact) mass is 313 g/mol. The minimum absolute atomic E-state index is 0.0447. The van der Waals surface area contributed by atoms with Crippen LogP contribution < -0.4 is 5.32 Å². The van der Waals surface area contributed by atoms with E-state index in [1.807, 2.05) is 6.07 Å². The summed E-state index contributed by atoms with van der Waals surface area (Å²) in [5.41, 5.74) is 0.349. The van der Waals surface area contributed by atoms with Gasteiger partial charge < -0.3 is 5.32 Å². The topological polar surface area (TPSA) is 73.2 Å². The van der Waals surface area contributed by atoms with E-state index in [-0.39, 0.29) is 16.0 Å². The van der Waals surface area contributed by atoms with Crippen molar-refractivity contribution in [1.29, 1.82) is 5.26 Å². The number of sulfonamides is 1. The molecule has 0 bridgehead atoms. The summed E-state index contributed by atoms with van der Waals surface area (Å²) in [5, 5.41) is 11.9. The minimum Gasteiger partial charge on any atom is -0.318 e. The Hall–Kier alpha value is -1.13. The third-order valence-corrected chi connectivity index (χ3v) is 5.85. The van der Waals surface area contributed by atoms with Crippen molar-refractivity contribution in [3.8, 4) is 6.07 Å². The van der Waals surface area contributed by atoms with Gasteiger partial charge in [-0.25, -0.2) is 8.42 Å². The van der Waals surface area contributed by atoms with Crippen LogP contribution in [0.4, 0.5) is 0 Å². The van der Waals surface area contributed by atoms with E-state index in [4.69, 9.17) is 16.9 Å². The third-order valence-electron chi connectivity index (χ3n) is 3.41. The van der Waals surface area contributed by atoms with Crippen molar-refractivity contribution < 1.29 is 8.42 Å². The zero-order chi connectivity index (χ0) is 14.8. The average molecular weight is 314 g/mol. The first-order valence-electron chi connectivity index (χ1n) is 6.37. The second kappa shape index (κ2) is 6.10. The number of benzene rings is 1. The summed E-state index contributed by atoms with van der Waals surface area (Å²) in [7, 11) is -1.81. The lowest BCUT2D eigenvalue weighted by atomic mass is 10.2. The molecule has 1 aliphatic heterocycles. The number of nitrogens with one attached hydrogen (secondary N) is 1. The first-order valence-corrected chi connectivity index (χ1v) is 8.18. The molecule has 0 radical (unpaired) electrons. The molecule has 0 aliphatic carbocycles. The maximum absolute atomic E-state index is 12.7. The average Bonchev–Trinajstić information content (AvgIpc) is 2.87. The van der Waals surface area contributed by atoms with Gasteiger partial charge in [0.05, 0.1) is 16.7 Å². The molecular formula is C13H16ClN3O2S. The van der Waals surface area contributed by atoms with Gasteiger partial charge >= 0.3 is 0 Å². The lowest BCUT2D eigenvalue weighted by Gasteiger charge is -2.24. The number of likely N-dealkylation sites (N-methyl/N-ethyl adjacent to an activating group) is 1. The first kappa shape index (κ1) is 15.3. The van der Waals surface area contributed by atoms with Crippen molar-refractivity contribution >= 4 is 21.6 Å². The molecular weight excluding hydrogens is 298 g/mol. The highest BCUT2D eigenvalue weighted by Crippen LogP contribution is 2.30. The van der Waals surface area contributed by atoms with Gasteiger partial charge in [0.2, 0.25) is 10.0 Å². The van der Waals surface area contributed by atoms with Crippen LogP contribution in [0.2, 0.25) is 5.02 Å². The summed E-state index contributed by atoms with van der Waals surface area (Å²) in [6.07, 6.45) is 1.69. The Balaban J connectivity index is 2.38. The van der Waals surface area contributed by atoms with Crippen molar-refractivity contribution in [2.75, 3.05) is 20.1 Å². The SMILES string of the molecule is CNC[C@@H]1CCCN1S(=O)(=O)c1ccc(C#N)cc1Cl. The lowest BCUT2D eigenvalue weighted by Crippen LogP contribution is -2.40. The number of hydrogen-bond acceptors (Lipinski definition) is 4. The molecule has 7 heteroatoms. The molecule has 0 amide bonds. The molecule has 20 heavy (non-hydrogen) atoms. The molecule has 2 rings (SSSR count). The number of rotatable bonds is 4. The van der Waals surface area contributed by atoms with E-state index in [0.29, 0.717) is 18.7 Å². The fourth-order valence-electron chi connectivity index (χ4n) is 2.47. The molecule has 1 saturated heterocycles. The van der Waals surface area contributed by atoms with E-state index in [2.05, 4.69) is 5.32 Å². The smallest absolute Gasteiger partial charge is 0.244 e. The summed E-state index contributed by atoms with van der Waals surface area (Å²) in [4.78, 5) is 0.0705. The van der Waals surface area contributed by atoms with Crippen molar-refractivity contribution in [2.24, 2.45) is 0 Å². The molecule has 108 valence electrons. The van der Waals surface area contributed by atoms with Crippen LogP contribution in [-0.2, 0) is 10.0 Å². The largest absolute Gasteiger partial charge is 0.318 e. The zero-order valence-corrected chi connectivity index (χ0v) is 12.7. The van der Waals surface area contributed by atoms with Crippen molar-refractivity contribution in [3.05, 3.63) is 28.8 Å². The van der Waals surface area contributed by atoms with Gasteiger partial charge in [-0.2, -0.15) is 9.57 Å². The van der Waals surface area contributed by atoms with E-state index < -0.39 is 10.0 Å². The Morgan fingerprint density at radius 3 is 2.90 bits per heavy atom. The summed E-state index contributed by atoms with van der Waals surface area (Å²) >= 11 is 6.02. The highest BCUT2D eigenvalue weighted by molar-refractivity contribution is 7.89. The van der Waals surface area contributed by atoms with E-state index in [9.17, 15) is 8.42 Å². The Morgan fingerprint density at radius 2 is 2.30 bits per heavy atom. The highest BCUT2D eigenvalue weighted by atomic mass is 35.5. The fraction of sp³-hybridized carbons (Fsp3) is 0.462. The van der Waals surface area contributed by atoms with Crippen LogP contribution in [-0.4, -0.2) is 38.9 Å². The maximum atomic E-state index is 12.7. The van der Waals surface area contributed by atoms with Gasteiger partial charge in [-0.1, -0.05) is 11.6 Å². The Bertz CT molecular complexity index is 640.